The van der Waals surface area contributed by atoms with Crippen molar-refractivity contribution in [3.63, 3.8) is 0 Å². The Bertz CT molecular complexity index is 900. The van der Waals surface area contributed by atoms with Crippen LogP contribution >= 0.6 is 11.6 Å². The van der Waals surface area contributed by atoms with Gasteiger partial charge >= 0.3 is 6.09 Å². The highest BCUT2D eigenvalue weighted by atomic mass is 35.5. The van der Waals surface area contributed by atoms with Crippen LogP contribution in [0.3, 0.4) is 0 Å². The number of nitrogens with zero attached hydrogens (tertiary/aromatic N) is 2. The molecule has 0 unspecified atom stereocenters. The number of carbonyl (C=O) groups is 1. The first-order valence-corrected chi connectivity index (χ1v) is 8.55. The molecule has 0 saturated heterocycles. The molecular weight excluding hydrogens is 338 g/mol. The summed E-state index contributed by atoms with van der Waals surface area (Å²) in [6, 6.07) is 5.87. The Morgan fingerprint density at radius 1 is 1.40 bits per heavy atom. The largest absolute Gasteiger partial charge is 0.444 e. The zero-order valence-electron chi connectivity index (χ0n) is 14.5. The molecule has 1 aliphatic heterocycles. The first-order valence-electron chi connectivity index (χ1n) is 8.17. The van der Waals surface area contributed by atoms with Gasteiger partial charge in [0.15, 0.2) is 0 Å². The Hall–Kier alpha value is -2.45. The molecule has 0 atom stereocenters. The van der Waals surface area contributed by atoms with Crippen molar-refractivity contribution in [2.75, 3.05) is 13.1 Å². The molecule has 2 aromatic rings. The fourth-order valence-corrected chi connectivity index (χ4v) is 3.24. The Balaban J connectivity index is 1.93. The number of hydrogen-bond donors (Lipinski definition) is 1. The van der Waals surface area contributed by atoms with Crippen LogP contribution in [0.2, 0.25) is 5.02 Å². The van der Waals surface area contributed by atoms with Gasteiger partial charge in [0, 0.05) is 30.2 Å². The van der Waals surface area contributed by atoms with E-state index in [0.29, 0.717) is 23.7 Å². The monoisotopic (exact) mass is 357 g/mol. The molecule has 0 aliphatic carbocycles. The second-order valence-corrected chi connectivity index (χ2v) is 7.49. The number of rotatable bonds is 1. The summed E-state index contributed by atoms with van der Waals surface area (Å²) in [4.78, 5) is 17.2. The highest BCUT2D eigenvalue weighted by Gasteiger charge is 2.25. The van der Waals surface area contributed by atoms with Gasteiger partial charge in [0.05, 0.1) is 16.1 Å². The molecule has 0 fully saturated rings. The molecule has 1 N–H and O–H groups in total. The number of amides is 1. The molecule has 0 spiro atoms. The van der Waals surface area contributed by atoms with Crippen molar-refractivity contribution in [1.82, 2.24) is 9.88 Å². The summed E-state index contributed by atoms with van der Waals surface area (Å²) < 4.78 is 5.48. The van der Waals surface area contributed by atoms with E-state index in [1.54, 1.807) is 17.2 Å². The number of ether oxygens (including phenoxy) is 1. The minimum absolute atomic E-state index is 0.312. The molecule has 3 rings (SSSR count). The van der Waals surface area contributed by atoms with Gasteiger partial charge in [-0.05, 0) is 38.8 Å². The van der Waals surface area contributed by atoms with Gasteiger partial charge in [-0.3, -0.25) is 0 Å². The topological polar surface area (TPSA) is 69.1 Å². The van der Waals surface area contributed by atoms with E-state index in [4.69, 9.17) is 16.3 Å². The molecule has 2 heterocycles. The van der Waals surface area contributed by atoms with E-state index in [-0.39, 0.29) is 6.09 Å². The average molecular weight is 358 g/mol. The number of nitrogens with one attached hydrogen (secondary N) is 1. The molecule has 0 bridgehead atoms. The lowest BCUT2D eigenvalue weighted by atomic mass is 9.98. The van der Waals surface area contributed by atoms with Crippen molar-refractivity contribution in [2.45, 2.75) is 32.8 Å². The number of aromatic nitrogens is 1. The Morgan fingerprint density at radius 2 is 2.16 bits per heavy atom. The summed E-state index contributed by atoms with van der Waals surface area (Å²) in [7, 11) is 0. The average Bonchev–Trinajstić information content (AvgIpc) is 2.99. The van der Waals surface area contributed by atoms with Gasteiger partial charge in [0.2, 0.25) is 0 Å². The molecule has 5 nitrogen and oxygen atoms in total. The predicted octanol–water partition coefficient (Wildman–Crippen LogP) is 4.72. The van der Waals surface area contributed by atoms with E-state index < -0.39 is 5.60 Å². The van der Waals surface area contributed by atoms with Gasteiger partial charge < -0.3 is 14.6 Å². The van der Waals surface area contributed by atoms with Gasteiger partial charge in [-0.25, -0.2) is 4.79 Å². The lowest BCUT2D eigenvalue weighted by molar-refractivity contribution is 0.0273. The van der Waals surface area contributed by atoms with Gasteiger partial charge in [0.25, 0.3) is 0 Å². The van der Waals surface area contributed by atoms with E-state index in [0.717, 1.165) is 28.5 Å². The number of aromatic amines is 1. The number of carbonyl (C=O) groups excluding carboxylic acids is 1. The third-order valence-corrected chi connectivity index (χ3v) is 4.37. The van der Waals surface area contributed by atoms with Crippen molar-refractivity contribution >= 4 is 34.2 Å². The van der Waals surface area contributed by atoms with Crippen LogP contribution < -0.4 is 0 Å². The lowest BCUT2D eigenvalue weighted by Gasteiger charge is -2.30. The minimum Gasteiger partial charge on any atom is -0.444 e. The number of nitriles is 1. The molecule has 1 aromatic heterocycles. The first kappa shape index (κ1) is 17.4. The Labute approximate surface area is 151 Å². The molecular formula is C19H20ClN3O2. The summed E-state index contributed by atoms with van der Waals surface area (Å²) in [5, 5.41) is 10.5. The number of benzene rings is 1. The lowest BCUT2D eigenvalue weighted by Crippen LogP contribution is -2.39. The van der Waals surface area contributed by atoms with E-state index in [1.807, 2.05) is 26.8 Å². The smallest absolute Gasteiger partial charge is 0.410 e. The fourth-order valence-electron chi connectivity index (χ4n) is 2.98. The third kappa shape index (κ3) is 3.49. The second-order valence-electron chi connectivity index (χ2n) is 7.08. The van der Waals surface area contributed by atoms with Crippen LogP contribution in [0.1, 0.15) is 38.3 Å². The van der Waals surface area contributed by atoms with Crippen LogP contribution in [0.4, 0.5) is 4.79 Å². The summed E-state index contributed by atoms with van der Waals surface area (Å²) in [6.07, 6.45) is 4.23. The van der Waals surface area contributed by atoms with Gasteiger partial charge in [-0.2, -0.15) is 5.26 Å². The number of fused-ring (bicyclic) bond motifs is 1. The molecule has 25 heavy (non-hydrogen) atoms. The fraction of sp³-hybridized carbons (Fsp3) is 0.368. The van der Waals surface area contributed by atoms with Crippen LogP contribution in [0.15, 0.2) is 24.4 Å². The quantitative estimate of drug-likeness (QED) is 0.803. The Kier molecular flexibility index (Phi) is 4.49. The number of halogens is 1. The number of hydrogen-bond acceptors (Lipinski definition) is 3. The van der Waals surface area contributed by atoms with Crippen molar-refractivity contribution in [1.29, 1.82) is 5.26 Å². The van der Waals surface area contributed by atoms with Crippen LogP contribution in [0.25, 0.3) is 16.5 Å². The third-order valence-electron chi connectivity index (χ3n) is 4.05. The van der Waals surface area contributed by atoms with Gasteiger partial charge in [-0.1, -0.05) is 23.7 Å². The maximum absolute atomic E-state index is 12.4. The summed E-state index contributed by atoms with van der Waals surface area (Å²) in [5.74, 6) is 0. The van der Waals surface area contributed by atoms with E-state index >= 15 is 0 Å². The zero-order chi connectivity index (χ0) is 18.2. The Morgan fingerprint density at radius 3 is 2.84 bits per heavy atom. The zero-order valence-corrected chi connectivity index (χ0v) is 15.3. The SMILES string of the molecule is CC(C)(C)OC(=O)N1CCC=C(c2ccc(Cl)c3c(C#N)c[nH]c23)C1. The molecule has 1 aliphatic rings. The normalized spacial score (nSPS) is 15.0. The van der Waals surface area contributed by atoms with E-state index in [9.17, 15) is 10.1 Å². The highest BCUT2D eigenvalue weighted by Crippen LogP contribution is 2.33. The van der Waals surface area contributed by atoms with Crippen molar-refractivity contribution in [3.05, 3.63) is 40.6 Å². The van der Waals surface area contributed by atoms with Crippen LogP contribution in [-0.4, -0.2) is 34.7 Å². The van der Waals surface area contributed by atoms with Crippen LogP contribution in [0.5, 0.6) is 0 Å². The minimum atomic E-state index is -0.521. The molecule has 0 saturated carbocycles. The van der Waals surface area contributed by atoms with Crippen LogP contribution in [-0.2, 0) is 4.74 Å². The van der Waals surface area contributed by atoms with Crippen molar-refractivity contribution in [2.24, 2.45) is 0 Å². The number of H-pyrrole nitrogens is 1. The maximum atomic E-state index is 12.4. The molecule has 1 aromatic carbocycles. The van der Waals surface area contributed by atoms with E-state index in [2.05, 4.69) is 17.1 Å². The molecule has 130 valence electrons. The highest BCUT2D eigenvalue weighted by molar-refractivity contribution is 6.36. The standard InChI is InChI=1S/C19H20ClN3O2/c1-19(2,3)25-18(24)23-8-4-5-12(11-23)14-6-7-15(20)16-13(9-21)10-22-17(14)16/h5-7,10,22H,4,8,11H2,1-3H3. The first-order chi connectivity index (χ1) is 11.8. The van der Waals surface area contributed by atoms with Crippen molar-refractivity contribution < 1.29 is 9.53 Å². The predicted molar refractivity (Wildman–Crippen MR) is 98.4 cm³/mol. The molecule has 0 radical (unpaired) electrons. The molecule has 1 amide bonds. The summed E-state index contributed by atoms with van der Waals surface area (Å²) >= 11 is 6.27. The van der Waals surface area contributed by atoms with Gasteiger partial charge in [0.1, 0.15) is 11.7 Å². The van der Waals surface area contributed by atoms with E-state index in [1.165, 1.54) is 0 Å². The second kappa shape index (κ2) is 6.45. The molecule has 6 heteroatoms. The summed E-state index contributed by atoms with van der Waals surface area (Å²) in [6.45, 7) is 6.67. The maximum Gasteiger partial charge on any atom is 0.410 e. The van der Waals surface area contributed by atoms with Crippen LogP contribution in [0, 0.1) is 11.3 Å². The van der Waals surface area contributed by atoms with Crippen molar-refractivity contribution in [3.8, 4) is 6.07 Å². The summed E-state index contributed by atoms with van der Waals surface area (Å²) in [5.41, 5.74) is 2.79. The van der Waals surface area contributed by atoms with Gasteiger partial charge in [-0.15, -0.1) is 0 Å².